The highest BCUT2D eigenvalue weighted by Crippen LogP contribution is 2.28. The second kappa shape index (κ2) is 9.00. The van der Waals surface area contributed by atoms with E-state index in [1.807, 2.05) is 5.38 Å². The highest BCUT2D eigenvalue weighted by Gasteiger charge is 2.26. The number of alkyl halides is 2. The van der Waals surface area contributed by atoms with Gasteiger partial charge in [-0.2, -0.15) is 0 Å². The second-order valence-electron chi connectivity index (χ2n) is 7.27. The van der Waals surface area contributed by atoms with Crippen LogP contribution in [-0.2, 0) is 5.60 Å². The number of halogens is 2. The average Bonchev–Trinajstić information content (AvgIpc) is 3.05. The van der Waals surface area contributed by atoms with Crippen molar-refractivity contribution in [2.24, 2.45) is 0 Å². The lowest BCUT2D eigenvalue weighted by molar-refractivity contribution is 0.0709. The fourth-order valence-electron chi connectivity index (χ4n) is 2.98. The summed E-state index contributed by atoms with van der Waals surface area (Å²) in [6.07, 6.45) is -0.500. The number of aromatic nitrogens is 2. The van der Waals surface area contributed by atoms with E-state index in [2.05, 4.69) is 14.9 Å². The molecule has 1 aliphatic rings. The molecule has 0 saturated carbocycles. The van der Waals surface area contributed by atoms with Crippen LogP contribution in [0.2, 0.25) is 0 Å². The Kier molecular flexibility index (Phi) is 6.63. The van der Waals surface area contributed by atoms with Gasteiger partial charge in [-0.25, -0.2) is 18.7 Å². The SMILES string of the molecule is CC(C)(O)c1csc(N2CCCN(C(=O)c3cccnc3OCC(F)F)CC2)n1. The van der Waals surface area contributed by atoms with Crippen molar-refractivity contribution in [1.82, 2.24) is 14.9 Å². The summed E-state index contributed by atoms with van der Waals surface area (Å²) in [5, 5.41) is 12.8. The van der Waals surface area contributed by atoms with Crippen molar-refractivity contribution in [2.45, 2.75) is 32.3 Å². The van der Waals surface area contributed by atoms with E-state index < -0.39 is 18.6 Å². The first-order valence-electron chi connectivity index (χ1n) is 9.34. The number of ether oxygens (including phenoxy) is 1. The van der Waals surface area contributed by atoms with Gasteiger partial charge >= 0.3 is 0 Å². The minimum Gasteiger partial charge on any atom is -0.471 e. The maximum atomic E-state index is 13.0. The second-order valence-corrected chi connectivity index (χ2v) is 8.10. The molecule has 0 aromatic carbocycles. The van der Waals surface area contributed by atoms with Gasteiger partial charge in [-0.15, -0.1) is 11.3 Å². The number of hydrogen-bond acceptors (Lipinski definition) is 7. The van der Waals surface area contributed by atoms with E-state index in [-0.39, 0.29) is 17.4 Å². The van der Waals surface area contributed by atoms with Crippen LogP contribution >= 0.6 is 11.3 Å². The molecule has 10 heteroatoms. The predicted molar refractivity (Wildman–Crippen MR) is 106 cm³/mol. The first-order valence-corrected chi connectivity index (χ1v) is 10.2. The first-order chi connectivity index (χ1) is 13.8. The Balaban J connectivity index is 1.68. The quantitative estimate of drug-likeness (QED) is 0.765. The molecule has 1 N–H and O–H groups in total. The molecule has 158 valence electrons. The summed E-state index contributed by atoms with van der Waals surface area (Å²) in [4.78, 5) is 25.2. The highest BCUT2D eigenvalue weighted by molar-refractivity contribution is 7.13. The van der Waals surface area contributed by atoms with E-state index in [0.717, 1.165) is 18.1 Å². The van der Waals surface area contributed by atoms with Crippen molar-refractivity contribution in [1.29, 1.82) is 0 Å². The summed E-state index contributed by atoms with van der Waals surface area (Å²) in [6.45, 7) is 4.87. The molecule has 0 aliphatic carbocycles. The molecule has 0 bridgehead atoms. The number of anilines is 1. The zero-order chi connectivity index (χ0) is 21.0. The molecule has 1 saturated heterocycles. The first kappa shape index (κ1) is 21.4. The van der Waals surface area contributed by atoms with Crippen LogP contribution < -0.4 is 9.64 Å². The molecular formula is C19H24F2N4O3S. The van der Waals surface area contributed by atoms with Crippen molar-refractivity contribution in [3.8, 4) is 5.88 Å². The molecule has 0 spiro atoms. The highest BCUT2D eigenvalue weighted by atomic mass is 32.1. The number of pyridine rings is 1. The molecule has 2 aromatic rings. The van der Waals surface area contributed by atoms with Crippen LogP contribution in [0, 0.1) is 0 Å². The number of carbonyl (C=O) groups excluding carboxylic acids is 1. The van der Waals surface area contributed by atoms with Gasteiger partial charge < -0.3 is 19.6 Å². The molecule has 29 heavy (non-hydrogen) atoms. The van der Waals surface area contributed by atoms with Gasteiger partial charge in [0.05, 0.1) is 5.69 Å². The number of amides is 1. The molecule has 3 rings (SSSR count). The van der Waals surface area contributed by atoms with Crippen LogP contribution in [0.5, 0.6) is 5.88 Å². The third kappa shape index (κ3) is 5.39. The maximum Gasteiger partial charge on any atom is 0.272 e. The van der Waals surface area contributed by atoms with E-state index in [1.54, 1.807) is 24.8 Å². The van der Waals surface area contributed by atoms with E-state index in [9.17, 15) is 18.7 Å². The zero-order valence-corrected chi connectivity index (χ0v) is 17.2. The van der Waals surface area contributed by atoms with Gasteiger partial charge in [0, 0.05) is 37.8 Å². The Hall–Kier alpha value is -2.33. The van der Waals surface area contributed by atoms with Crippen molar-refractivity contribution in [3.05, 3.63) is 35.0 Å². The molecule has 1 amide bonds. The monoisotopic (exact) mass is 426 g/mol. The van der Waals surface area contributed by atoms with Crippen molar-refractivity contribution >= 4 is 22.4 Å². The summed E-state index contributed by atoms with van der Waals surface area (Å²) in [6, 6.07) is 3.12. The number of rotatable bonds is 6. The summed E-state index contributed by atoms with van der Waals surface area (Å²) in [7, 11) is 0. The van der Waals surface area contributed by atoms with Crippen LogP contribution in [0.3, 0.4) is 0 Å². The minimum atomic E-state index is -2.64. The Morgan fingerprint density at radius 2 is 2.14 bits per heavy atom. The van der Waals surface area contributed by atoms with Crippen LogP contribution in [0.25, 0.3) is 0 Å². The Morgan fingerprint density at radius 3 is 2.83 bits per heavy atom. The Labute approximate surface area is 171 Å². The van der Waals surface area contributed by atoms with Crippen LogP contribution in [0.4, 0.5) is 13.9 Å². The van der Waals surface area contributed by atoms with E-state index >= 15 is 0 Å². The largest absolute Gasteiger partial charge is 0.471 e. The Morgan fingerprint density at radius 1 is 1.34 bits per heavy atom. The van der Waals surface area contributed by atoms with Gasteiger partial charge in [0.2, 0.25) is 5.88 Å². The maximum absolute atomic E-state index is 13.0. The summed E-state index contributed by atoms with van der Waals surface area (Å²) >= 11 is 1.46. The third-order valence-corrected chi connectivity index (χ3v) is 5.42. The van der Waals surface area contributed by atoms with Gasteiger partial charge in [0.15, 0.2) is 11.7 Å². The standard InChI is InChI=1S/C19H24F2N4O3S/c1-19(2,27)14-12-29-18(23-14)25-8-4-7-24(9-10-25)17(26)13-5-3-6-22-16(13)28-11-15(20)21/h3,5-6,12,15,27H,4,7-11H2,1-2H3. The summed E-state index contributed by atoms with van der Waals surface area (Å²) in [5.41, 5.74) is -0.205. The van der Waals surface area contributed by atoms with Crippen LogP contribution in [0.1, 0.15) is 36.3 Å². The fraction of sp³-hybridized carbons (Fsp3) is 0.526. The van der Waals surface area contributed by atoms with Gasteiger partial charge in [-0.05, 0) is 32.4 Å². The van der Waals surface area contributed by atoms with Crippen LogP contribution in [0.15, 0.2) is 23.7 Å². The molecule has 2 aromatic heterocycles. The fourth-order valence-corrected chi connectivity index (χ4v) is 4.02. The smallest absolute Gasteiger partial charge is 0.272 e. The minimum absolute atomic E-state index is 0.0753. The van der Waals surface area contributed by atoms with Gasteiger partial charge in [-0.3, -0.25) is 4.79 Å². The van der Waals surface area contributed by atoms with Crippen LogP contribution in [-0.4, -0.2) is 65.1 Å². The molecule has 1 fully saturated rings. The molecule has 0 unspecified atom stereocenters. The lowest BCUT2D eigenvalue weighted by atomic mass is 10.1. The van der Waals surface area contributed by atoms with Crippen molar-refractivity contribution in [2.75, 3.05) is 37.7 Å². The molecule has 1 aliphatic heterocycles. The summed E-state index contributed by atoms with van der Waals surface area (Å²) in [5.74, 6) is -0.366. The summed E-state index contributed by atoms with van der Waals surface area (Å²) < 4.78 is 29.9. The topological polar surface area (TPSA) is 78.8 Å². The number of thiazole rings is 1. The normalized spacial score (nSPS) is 15.5. The molecule has 0 radical (unpaired) electrons. The Bertz CT molecular complexity index is 841. The molecular weight excluding hydrogens is 402 g/mol. The lowest BCUT2D eigenvalue weighted by Crippen LogP contribution is -2.35. The van der Waals surface area contributed by atoms with E-state index in [1.165, 1.54) is 23.6 Å². The number of carbonyl (C=O) groups is 1. The molecule has 0 atom stereocenters. The van der Waals surface area contributed by atoms with Gasteiger partial charge in [-0.1, -0.05) is 0 Å². The number of hydrogen-bond donors (Lipinski definition) is 1. The number of aliphatic hydroxyl groups is 1. The van der Waals surface area contributed by atoms with Crippen molar-refractivity contribution < 1.29 is 23.4 Å². The van der Waals surface area contributed by atoms with E-state index in [0.29, 0.717) is 25.3 Å². The molecule has 3 heterocycles. The van der Waals surface area contributed by atoms with Crippen molar-refractivity contribution in [3.63, 3.8) is 0 Å². The van der Waals surface area contributed by atoms with Gasteiger partial charge in [0.1, 0.15) is 11.2 Å². The number of nitrogens with zero attached hydrogens (tertiary/aromatic N) is 4. The third-order valence-electron chi connectivity index (χ3n) is 4.52. The van der Waals surface area contributed by atoms with E-state index in [4.69, 9.17) is 4.74 Å². The average molecular weight is 426 g/mol. The van der Waals surface area contributed by atoms with Gasteiger partial charge in [0.25, 0.3) is 12.3 Å². The predicted octanol–water partition coefficient (Wildman–Crippen LogP) is 2.76. The molecule has 7 nitrogen and oxygen atoms in total. The zero-order valence-electron chi connectivity index (χ0n) is 16.3. The lowest BCUT2D eigenvalue weighted by Gasteiger charge is -2.22.